The van der Waals surface area contributed by atoms with Crippen molar-refractivity contribution in [2.45, 2.75) is 45.0 Å². The van der Waals surface area contributed by atoms with Crippen LogP contribution >= 0.6 is 0 Å². The summed E-state index contributed by atoms with van der Waals surface area (Å²) in [6.45, 7) is 9.13. The van der Waals surface area contributed by atoms with Gasteiger partial charge in [-0.1, -0.05) is 6.08 Å². The molecule has 0 radical (unpaired) electrons. The van der Waals surface area contributed by atoms with Crippen LogP contribution in [0, 0.1) is 0 Å². The molecule has 0 heterocycles. The Morgan fingerprint density at radius 2 is 1.68 bits per heavy atom. The molecule has 0 amide bonds. The Bertz CT molecular complexity index is 211. The quantitative estimate of drug-likeness (QED) is 0.355. The second kappa shape index (κ2) is 11.4. The van der Waals surface area contributed by atoms with Gasteiger partial charge in [0.05, 0.1) is 24.9 Å². The fourth-order valence-corrected chi connectivity index (χ4v) is 1.87. The first kappa shape index (κ1) is 18.5. The van der Waals surface area contributed by atoms with Gasteiger partial charge in [0.15, 0.2) is 0 Å². The van der Waals surface area contributed by atoms with Gasteiger partial charge in [0, 0.05) is 26.2 Å². The van der Waals surface area contributed by atoms with Gasteiger partial charge in [-0.05, 0) is 26.7 Å². The molecule has 0 aliphatic carbocycles. The van der Waals surface area contributed by atoms with Crippen LogP contribution in [0.2, 0.25) is 0 Å². The van der Waals surface area contributed by atoms with Gasteiger partial charge in [0.2, 0.25) is 0 Å². The van der Waals surface area contributed by atoms with Crippen LogP contribution in [0.1, 0.15) is 26.7 Å². The molecule has 5 heteroatoms. The number of aliphatic hydroxyl groups excluding tert-OH is 3. The highest BCUT2D eigenvalue weighted by Crippen LogP contribution is 2.00. The molecular weight excluding hydrogens is 246 g/mol. The Hall–Kier alpha value is -0.460. The summed E-state index contributed by atoms with van der Waals surface area (Å²) in [5, 5.41) is 28.6. The minimum Gasteiger partial charge on any atom is -0.392 e. The van der Waals surface area contributed by atoms with Gasteiger partial charge in [0.25, 0.3) is 0 Å². The van der Waals surface area contributed by atoms with Gasteiger partial charge in [-0.15, -0.1) is 6.58 Å². The van der Waals surface area contributed by atoms with Crippen molar-refractivity contribution < 1.29 is 20.1 Å². The van der Waals surface area contributed by atoms with E-state index in [1.54, 1.807) is 13.8 Å². The summed E-state index contributed by atoms with van der Waals surface area (Å²) in [7, 11) is 0. The summed E-state index contributed by atoms with van der Waals surface area (Å²) in [5.74, 6) is 0. The van der Waals surface area contributed by atoms with Crippen LogP contribution in [-0.4, -0.2) is 71.4 Å². The van der Waals surface area contributed by atoms with E-state index in [9.17, 15) is 15.3 Å². The van der Waals surface area contributed by atoms with E-state index < -0.39 is 18.3 Å². The lowest BCUT2D eigenvalue weighted by molar-refractivity contribution is -0.000230. The maximum atomic E-state index is 9.85. The van der Waals surface area contributed by atoms with E-state index in [1.807, 2.05) is 11.0 Å². The zero-order valence-corrected chi connectivity index (χ0v) is 12.2. The van der Waals surface area contributed by atoms with E-state index in [2.05, 4.69) is 6.58 Å². The van der Waals surface area contributed by atoms with Gasteiger partial charge >= 0.3 is 0 Å². The monoisotopic (exact) mass is 275 g/mol. The van der Waals surface area contributed by atoms with E-state index in [0.29, 0.717) is 26.2 Å². The number of aliphatic hydroxyl groups is 3. The highest BCUT2D eigenvalue weighted by molar-refractivity contribution is 4.69. The average molecular weight is 275 g/mol. The molecule has 19 heavy (non-hydrogen) atoms. The lowest BCUT2D eigenvalue weighted by Crippen LogP contribution is -2.42. The predicted octanol–water partition coefficient (Wildman–Crippen LogP) is 0.394. The van der Waals surface area contributed by atoms with E-state index in [1.165, 1.54) is 0 Å². The summed E-state index contributed by atoms with van der Waals surface area (Å²) in [5.41, 5.74) is 0. The molecule has 0 aliphatic heterocycles. The van der Waals surface area contributed by atoms with Gasteiger partial charge < -0.3 is 20.1 Å². The molecule has 3 unspecified atom stereocenters. The molecule has 3 atom stereocenters. The Morgan fingerprint density at radius 3 is 2.16 bits per heavy atom. The zero-order chi connectivity index (χ0) is 14.7. The first-order valence-electron chi connectivity index (χ1n) is 6.90. The van der Waals surface area contributed by atoms with Crippen molar-refractivity contribution in [1.82, 2.24) is 4.90 Å². The maximum Gasteiger partial charge on any atom is 0.0900 e. The Balaban J connectivity index is 3.87. The smallest absolute Gasteiger partial charge is 0.0900 e. The van der Waals surface area contributed by atoms with E-state index >= 15 is 0 Å². The third kappa shape index (κ3) is 12.3. The lowest BCUT2D eigenvalue weighted by Gasteiger charge is -2.27. The van der Waals surface area contributed by atoms with Crippen molar-refractivity contribution in [3.05, 3.63) is 12.7 Å². The van der Waals surface area contributed by atoms with Gasteiger partial charge in [-0.25, -0.2) is 0 Å². The van der Waals surface area contributed by atoms with Crippen LogP contribution in [0.15, 0.2) is 12.7 Å². The first-order valence-corrected chi connectivity index (χ1v) is 6.90. The normalized spacial score (nSPS) is 16.3. The van der Waals surface area contributed by atoms with Crippen molar-refractivity contribution in [2.24, 2.45) is 0 Å². The number of nitrogens with zero attached hydrogens (tertiary/aromatic N) is 1. The third-order valence-corrected chi connectivity index (χ3v) is 2.52. The summed E-state index contributed by atoms with van der Waals surface area (Å²) in [6, 6.07) is 0. The predicted molar refractivity (Wildman–Crippen MR) is 76.1 cm³/mol. The molecule has 0 aromatic carbocycles. The van der Waals surface area contributed by atoms with Gasteiger partial charge in [-0.2, -0.15) is 0 Å². The molecule has 5 nitrogen and oxygen atoms in total. The minimum atomic E-state index is -0.610. The Kier molecular flexibility index (Phi) is 11.1. The van der Waals surface area contributed by atoms with Crippen molar-refractivity contribution >= 4 is 0 Å². The molecule has 0 rings (SSSR count). The van der Waals surface area contributed by atoms with Crippen LogP contribution in [0.3, 0.4) is 0 Å². The molecule has 0 bridgehead atoms. The van der Waals surface area contributed by atoms with Crippen molar-refractivity contribution in [3.63, 3.8) is 0 Å². The number of ether oxygens (including phenoxy) is 1. The molecule has 0 saturated carbocycles. The molecule has 114 valence electrons. The second-order valence-electron chi connectivity index (χ2n) is 5.08. The topological polar surface area (TPSA) is 73.2 Å². The molecule has 0 aromatic heterocycles. The van der Waals surface area contributed by atoms with Gasteiger partial charge in [0.1, 0.15) is 0 Å². The summed E-state index contributed by atoms with van der Waals surface area (Å²) in [6.07, 6.45) is 2.07. The van der Waals surface area contributed by atoms with Gasteiger partial charge in [-0.3, -0.25) is 4.90 Å². The van der Waals surface area contributed by atoms with Crippen LogP contribution in [0.5, 0.6) is 0 Å². The highest BCUT2D eigenvalue weighted by Gasteiger charge is 2.15. The standard InChI is InChI=1S/C14H29NO4/c1-4-5-6-7-19-11-14(18)10-15(8-12(2)16)9-13(3)17/h4,12-14,16-18H,1,5-11H2,2-3H3. The fourth-order valence-electron chi connectivity index (χ4n) is 1.87. The number of rotatable bonds is 12. The number of hydrogen-bond acceptors (Lipinski definition) is 5. The summed E-state index contributed by atoms with van der Waals surface area (Å²) < 4.78 is 5.36. The molecule has 0 saturated heterocycles. The summed E-state index contributed by atoms with van der Waals surface area (Å²) in [4.78, 5) is 1.84. The molecule has 3 N–H and O–H groups in total. The van der Waals surface area contributed by atoms with Crippen molar-refractivity contribution in [3.8, 4) is 0 Å². The lowest BCUT2D eigenvalue weighted by atomic mass is 10.2. The highest BCUT2D eigenvalue weighted by atomic mass is 16.5. The number of hydrogen-bond donors (Lipinski definition) is 3. The minimum absolute atomic E-state index is 0.271. The van der Waals surface area contributed by atoms with Crippen LogP contribution in [0.4, 0.5) is 0 Å². The van der Waals surface area contributed by atoms with E-state index in [0.717, 1.165) is 12.8 Å². The third-order valence-electron chi connectivity index (χ3n) is 2.52. The fraction of sp³-hybridized carbons (Fsp3) is 0.857. The number of allylic oxidation sites excluding steroid dienone is 1. The largest absolute Gasteiger partial charge is 0.392 e. The van der Waals surface area contributed by atoms with Crippen molar-refractivity contribution in [1.29, 1.82) is 0 Å². The van der Waals surface area contributed by atoms with Crippen LogP contribution in [-0.2, 0) is 4.74 Å². The maximum absolute atomic E-state index is 9.85. The SMILES string of the molecule is C=CCCCOCC(O)CN(CC(C)O)CC(C)O. The Labute approximate surface area is 116 Å². The van der Waals surface area contributed by atoms with E-state index in [4.69, 9.17) is 4.74 Å². The average Bonchev–Trinajstić information content (AvgIpc) is 2.26. The second-order valence-corrected chi connectivity index (χ2v) is 5.08. The van der Waals surface area contributed by atoms with Crippen LogP contribution < -0.4 is 0 Å². The first-order chi connectivity index (χ1) is 8.95. The van der Waals surface area contributed by atoms with E-state index in [-0.39, 0.29) is 6.61 Å². The molecule has 0 aromatic rings. The Morgan fingerprint density at radius 1 is 1.11 bits per heavy atom. The molecule has 0 fully saturated rings. The zero-order valence-electron chi connectivity index (χ0n) is 12.2. The summed E-state index contributed by atoms with van der Waals surface area (Å²) >= 11 is 0. The number of unbranched alkanes of at least 4 members (excludes halogenated alkanes) is 1. The molecule has 0 spiro atoms. The molecule has 0 aliphatic rings. The van der Waals surface area contributed by atoms with Crippen molar-refractivity contribution in [2.75, 3.05) is 32.8 Å². The van der Waals surface area contributed by atoms with Crippen LogP contribution in [0.25, 0.3) is 0 Å². The molecular formula is C14H29NO4.